The highest BCUT2D eigenvalue weighted by Gasteiger charge is 2.39. The van der Waals surface area contributed by atoms with Crippen molar-refractivity contribution in [2.24, 2.45) is 5.92 Å². The molecule has 5 nitrogen and oxygen atoms in total. The molecule has 0 bridgehead atoms. The van der Waals surface area contributed by atoms with Gasteiger partial charge < -0.3 is 14.4 Å². The molecule has 1 saturated heterocycles. The SMILES string of the molecule is CCCC(=O)[C@@H]1CCCCN1C(=O)[C@H](c1cc(C)c(OC)c(OC)c1)C1CCCCC1. The molecule has 1 aliphatic heterocycles. The van der Waals surface area contributed by atoms with Crippen molar-refractivity contribution in [1.29, 1.82) is 0 Å². The van der Waals surface area contributed by atoms with E-state index in [4.69, 9.17) is 9.47 Å². The third kappa shape index (κ3) is 5.24. The van der Waals surface area contributed by atoms with E-state index in [-0.39, 0.29) is 23.7 Å². The molecule has 0 spiro atoms. The number of amides is 1. The molecule has 5 heteroatoms. The summed E-state index contributed by atoms with van der Waals surface area (Å²) in [6.07, 6.45) is 9.87. The molecule has 0 aromatic heterocycles. The molecular weight excluding hydrogens is 390 g/mol. The fourth-order valence-electron chi connectivity index (χ4n) is 5.57. The van der Waals surface area contributed by atoms with Crippen LogP contribution in [-0.4, -0.2) is 43.4 Å². The molecule has 0 radical (unpaired) electrons. The first-order chi connectivity index (χ1) is 15.0. The first-order valence-corrected chi connectivity index (χ1v) is 12.1. The fraction of sp³-hybridized carbons (Fsp3) is 0.692. The number of hydrogen-bond acceptors (Lipinski definition) is 4. The van der Waals surface area contributed by atoms with Gasteiger partial charge in [-0.1, -0.05) is 32.3 Å². The number of ketones is 1. The quantitative estimate of drug-likeness (QED) is 0.553. The summed E-state index contributed by atoms with van der Waals surface area (Å²) < 4.78 is 11.1. The van der Waals surface area contributed by atoms with Gasteiger partial charge in [0, 0.05) is 13.0 Å². The number of ether oxygens (including phenoxy) is 2. The van der Waals surface area contributed by atoms with E-state index in [1.54, 1.807) is 14.2 Å². The highest BCUT2D eigenvalue weighted by atomic mass is 16.5. The van der Waals surface area contributed by atoms with Gasteiger partial charge in [-0.15, -0.1) is 0 Å². The Kier molecular flexibility index (Phi) is 8.39. The van der Waals surface area contributed by atoms with E-state index >= 15 is 0 Å². The standard InChI is InChI=1S/C26H39NO4/c1-5-11-22(28)21-14-9-10-15-27(21)26(29)24(19-12-7-6-8-13-19)20-16-18(2)25(31-4)23(17-20)30-3/h16-17,19,21,24H,5-15H2,1-4H3/t21-,24-/m0/s1. The molecule has 1 amide bonds. The lowest BCUT2D eigenvalue weighted by Gasteiger charge is -2.40. The second kappa shape index (κ2) is 11.0. The fourth-order valence-corrected chi connectivity index (χ4v) is 5.57. The van der Waals surface area contributed by atoms with Crippen molar-refractivity contribution in [3.63, 3.8) is 0 Å². The second-order valence-corrected chi connectivity index (χ2v) is 9.21. The van der Waals surface area contributed by atoms with E-state index in [9.17, 15) is 9.59 Å². The number of carbonyl (C=O) groups excluding carboxylic acids is 2. The van der Waals surface area contributed by atoms with Gasteiger partial charge in [-0.3, -0.25) is 9.59 Å². The van der Waals surface area contributed by atoms with Crippen molar-refractivity contribution < 1.29 is 19.1 Å². The molecule has 2 aliphatic rings. The molecule has 1 heterocycles. The lowest BCUT2D eigenvalue weighted by Crippen LogP contribution is -2.50. The predicted molar refractivity (Wildman–Crippen MR) is 123 cm³/mol. The molecule has 31 heavy (non-hydrogen) atoms. The van der Waals surface area contributed by atoms with Crippen LogP contribution in [0.3, 0.4) is 0 Å². The van der Waals surface area contributed by atoms with E-state index < -0.39 is 0 Å². The van der Waals surface area contributed by atoms with Crippen LogP contribution in [0.5, 0.6) is 11.5 Å². The highest BCUT2D eigenvalue weighted by molar-refractivity contribution is 5.92. The van der Waals surface area contributed by atoms with Gasteiger partial charge in [-0.25, -0.2) is 0 Å². The number of rotatable bonds is 8. The number of Topliss-reactive ketones (excluding diaryl/α,β-unsaturated/α-hetero) is 1. The summed E-state index contributed by atoms with van der Waals surface area (Å²) in [6.45, 7) is 4.72. The number of likely N-dealkylation sites (tertiary alicyclic amines) is 1. The zero-order valence-electron chi connectivity index (χ0n) is 19.7. The summed E-state index contributed by atoms with van der Waals surface area (Å²) in [7, 11) is 3.29. The van der Waals surface area contributed by atoms with Crippen LogP contribution in [0.4, 0.5) is 0 Å². The monoisotopic (exact) mass is 429 g/mol. The van der Waals surface area contributed by atoms with Crippen LogP contribution >= 0.6 is 0 Å². The summed E-state index contributed by atoms with van der Waals surface area (Å²) in [4.78, 5) is 28.9. The zero-order valence-corrected chi connectivity index (χ0v) is 19.7. The van der Waals surface area contributed by atoms with Gasteiger partial charge in [0.25, 0.3) is 0 Å². The van der Waals surface area contributed by atoms with E-state index in [1.807, 2.05) is 24.8 Å². The van der Waals surface area contributed by atoms with Crippen LogP contribution in [0.25, 0.3) is 0 Å². The third-order valence-electron chi connectivity index (χ3n) is 7.09. The van der Waals surface area contributed by atoms with Gasteiger partial charge in [0.05, 0.1) is 26.2 Å². The second-order valence-electron chi connectivity index (χ2n) is 9.21. The topological polar surface area (TPSA) is 55.8 Å². The van der Waals surface area contributed by atoms with Gasteiger partial charge in [-0.05, 0) is 68.6 Å². The minimum Gasteiger partial charge on any atom is -0.493 e. The first kappa shape index (κ1) is 23.6. The van der Waals surface area contributed by atoms with Crippen molar-refractivity contribution in [3.05, 3.63) is 23.3 Å². The number of benzene rings is 1. The Morgan fingerprint density at radius 3 is 2.39 bits per heavy atom. The molecule has 0 unspecified atom stereocenters. The van der Waals surface area contributed by atoms with Gasteiger partial charge in [-0.2, -0.15) is 0 Å². The predicted octanol–water partition coefficient (Wildman–Crippen LogP) is 5.43. The Bertz CT molecular complexity index is 769. The van der Waals surface area contributed by atoms with E-state index in [0.717, 1.165) is 55.4 Å². The van der Waals surface area contributed by atoms with Crippen molar-refractivity contribution in [1.82, 2.24) is 4.90 Å². The maximum absolute atomic E-state index is 14.1. The third-order valence-corrected chi connectivity index (χ3v) is 7.09. The lowest BCUT2D eigenvalue weighted by atomic mass is 9.75. The maximum atomic E-state index is 14.1. The number of piperidine rings is 1. The van der Waals surface area contributed by atoms with Crippen molar-refractivity contribution in [2.75, 3.05) is 20.8 Å². The number of hydrogen-bond donors (Lipinski definition) is 0. The molecule has 2 fully saturated rings. The minimum absolute atomic E-state index is 0.132. The smallest absolute Gasteiger partial charge is 0.231 e. The number of carbonyl (C=O) groups is 2. The van der Waals surface area contributed by atoms with Crippen LogP contribution in [0.2, 0.25) is 0 Å². The average molecular weight is 430 g/mol. The van der Waals surface area contributed by atoms with Crippen LogP contribution < -0.4 is 9.47 Å². The normalized spacial score (nSPS) is 20.9. The van der Waals surface area contributed by atoms with Crippen LogP contribution in [0.15, 0.2) is 12.1 Å². The van der Waals surface area contributed by atoms with E-state index in [0.29, 0.717) is 24.6 Å². The van der Waals surface area contributed by atoms with Crippen molar-refractivity contribution in [2.45, 2.75) is 90.0 Å². The zero-order chi connectivity index (χ0) is 22.4. The number of aryl methyl sites for hydroxylation is 1. The van der Waals surface area contributed by atoms with E-state index in [2.05, 4.69) is 6.07 Å². The van der Waals surface area contributed by atoms with Gasteiger partial charge >= 0.3 is 0 Å². The first-order valence-electron chi connectivity index (χ1n) is 12.1. The Morgan fingerprint density at radius 2 is 1.74 bits per heavy atom. The molecule has 1 aromatic carbocycles. The summed E-state index contributed by atoms with van der Waals surface area (Å²) in [5.74, 6) is 1.82. The average Bonchev–Trinajstić information content (AvgIpc) is 2.79. The molecule has 2 atom stereocenters. The molecule has 1 saturated carbocycles. The molecule has 3 rings (SSSR count). The summed E-state index contributed by atoms with van der Waals surface area (Å²) in [5.41, 5.74) is 1.97. The molecule has 1 aromatic rings. The van der Waals surface area contributed by atoms with E-state index in [1.165, 1.54) is 19.3 Å². The Balaban J connectivity index is 2.00. The summed E-state index contributed by atoms with van der Waals surface area (Å²) >= 11 is 0. The maximum Gasteiger partial charge on any atom is 0.231 e. The summed E-state index contributed by atoms with van der Waals surface area (Å²) in [6, 6.07) is 3.81. The lowest BCUT2D eigenvalue weighted by molar-refractivity contribution is -0.144. The largest absolute Gasteiger partial charge is 0.493 e. The molecular formula is C26H39NO4. The molecule has 1 aliphatic carbocycles. The number of methoxy groups -OCH3 is 2. The van der Waals surface area contributed by atoms with Crippen LogP contribution in [-0.2, 0) is 9.59 Å². The van der Waals surface area contributed by atoms with Crippen molar-refractivity contribution >= 4 is 11.7 Å². The van der Waals surface area contributed by atoms with Gasteiger partial charge in [0.1, 0.15) is 0 Å². The van der Waals surface area contributed by atoms with Gasteiger partial charge in [0.15, 0.2) is 17.3 Å². The van der Waals surface area contributed by atoms with Crippen molar-refractivity contribution in [3.8, 4) is 11.5 Å². The Hall–Kier alpha value is -2.04. The van der Waals surface area contributed by atoms with Gasteiger partial charge in [0.2, 0.25) is 5.91 Å². The minimum atomic E-state index is -0.256. The Labute approximate surface area is 187 Å². The number of nitrogens with zero attached hydrogens (tertiary/aromatic N) is 1. The van der Waals surface area contributed by atoms with Crippen LogP contribution in [0, 0.1) is 12.8 Å². The molecule has 172 valence electrons. The highest BCUT2D eigenvalue weighted by Crippen LogP contribution is 2.42. The molecule has 0 N–H and O–H groups in total. The summed E-state index contributed by atoms with van der Waals surface area (Å²) in [5, 5.41) is 0. The van der Waals surface area contributed by atoms with Crippen LogP contribution in [0.1, 0.15) is 88.2 Å². The Morgan fingerprint density at radius 1 is 1.03 bits per heavy atom.